The first-order valence-electron chi connectivity index (χ1n) is 6.30. The molecule has 0 saturated heterocycles. The highest BCUT2D eigenvalue weighted by Gasteiger charge is 2.06. The Morgan fingerprint density at radius 2 is 1.86 bits per heavy atom. The lowest BCUT2D eigenvalue weighted by atomic mass is 10.1. The van der Waals surface area contributed by atoms with Gasteiger partial charge in [0, 0.05) is 10.0 Å². The van der Waals surface area contributed by atoms with E-state index in [1.54, 1.807) is 24.3 Å². The van der Waals surface area contributed by atoms with Crippen LogP contribution in [0.15, 0.2) is 53.0 Å². The molecule has 2 aromatic rings. The second kappa shape index (κ2) is 7.59. The lowest BCUT2D eigenvalue weighted by molar-refractivity contribution is 0.0450. The van der Waals surface area contributed by atoms with Crippen molar-refractivity contribution in [2.24, 2.45) is 0 Å². The molecule has 0 N–H and O–H groups in total. The van der Waals surface area contributed by atoms with E-state index >= 15 is 0 Å². The van der Waals surface area contributed by atoms with E-state index in [2.05, 4.69) is 15.9 Å². The molecule has 108 valence electrons. The van der Waals surface area contributed by atoms with E-state index in [-0.39, 0.29) is 13.2 Å². The summed E-state index contributed by atoms with van der Waals surface area (Å²) in [5.74, 6) is 0.265. The SMILES string of the molecule is O=Cc1ccc(C(=O)OCCOc2cccc(Br)c2)cc1. The molecule has 0 aliphatic rings. The van der Waals surface area contributed by atoms with Gasteiger partial charge in [-0.05, 0) is 30.3 Å². The summed E-state index contributed by atoms with van der Waals surface area (Å²) in [7, 11) is 0. The van der Waals surface area contributed by atoms with Crippen molar-refractivity contribution in [2.45, 2.75) is 0 Å². The molecule has 5 heteroatoms. The summed E-state index contributed by atoms with van der Waals surface area (Å²) in [5.41, 5.74) is 0.924. The number of esters is 1. The van der Waals surface area contributed by atoms with Crippen molar-refractivity contribution in [1.82, 2.24) is 0 Å². The number of aldehydes is 1. The fourth-order valence-corrected chi connectivity index (χ4v) is 2.01. The Labute approximate surface area is 130 Å². The number of hydrogen-bond donors (Lipinski definition) is 0. The van der Waals surface area contributed by atoms with Crippen LogP contribution in [-0.2, 0) is 4.74 Å². The van der Waals surface area contributed by atoms with Crippen LogP contribution in [0.4, 0.5) is 0 Å². The van der Waals surface area contributed by atoms with Crippen LogP contribution in [-0.4, -0.2) is 25.5 Å². The standard InChI is InChI=1S/C16H13BrO4/c17-14-2-1-3-15(10-14)20-8-9-21-16(19)13-6-4-12(11-18)5-7-13/h1-7,10-11H,8-9H2. The average molecular weight is 349 g/mol. The lowest BCUT2D eigenvalue weighted by Crippen LogP contribution is -2.12. The summed E-state index contributed by atoms with van der Waals surface area (Å²) in [6.07, 6.45) is 0.723. The highest BCUT2D eigenvalue weighted by molar-refractivity contribution is 9.10. The van der Waals surface area contributed by atoms with Gasteiger partial charge in [-0.25, -0.2) is 4.79 Å². The second-order valence-electron chi connectivity index (χ2n) is 4.18. The number of halogens is 1. The molecule has 0 spiro atoms. The van der Waals surface area contributed by atoms with Crippen LogP contribution in [0.2, 0.25) is 0 Å². The predicted octanol–water partition coefficient (Wildman–Crippen LogP) is 3.50. The Balaban J connectivity index is 1.77. The van der Waals surface area contributed by atoms with Crippen LogP contribution >= 0.6 is 15.9 Å². The second-order valence-corrected chi connectivity index (χ2v) is 5.10. The molecule has 0 fully saturated rings. The van der Waals surface area contributed by atoms with Crippen molar-refractivity contribution in [3.05, 3.63) is 64.1 Å². The first-order chi connectivity index (χ1) is 10.2. The van der Waals surface area contributed by atoms with Gasteiger partial charge in [-0.3, -0.25) is 4.79 Å². The molecule has 21 heavy (non-hydrogen) atoms. The van der Waals surface area contributed by atoms with E-state index in [1.807, 2.05) is 24.3 Å². The molecular formula is C16H13BrO4. The first-order valence-corrected chi connectivity index (χ1v) is 7.09. The molecule has 0 amide bonds. The molecule has 2 rings (SSSR count). The van der Waals surface area contributed by atoms with E-state index < -0.39 is 5.97 Å². The van der Waals surface area contributed by atoms with Gasteiger partial charge < -0.3 is 9.47 Å². The van der Waals surface area contributed by atoms with Crippen molar-refractivity contribution >= 4 is 28.2 Å². The van der Waals surface area contributed by atoms with Gasteiger partial charge in [0.05, 0.1) is 5.56 Å². The Morgan fingerprint density at radius 1 is 1.10 bits per heavy atom. The molecule has 0 saturated carbocycles. The Morgan fingerprint density at radius 3 is 2.52 bits per heavy atom. The molecule has 0 aliphatic carbocycles. The smallest absolute Gasteiger partial charge is 0.338 e. The molecule has 2 aromatic carbocycles. The maximum Gasteiger partial charge on any atom is 0.338 e. The summed E-state index contributed by atoms with van der Waals surface area (Å²) in [6, 6.07) is 13.7. The molecule has 0 aromatic heterocycles. The third kappa shape index (κ3) is 4.72. The van der Waals surface area contributed by atoms with E-state index in [4.69, 9.17) is 9.47 Å². The number of benzene rings is 2. The minimum absolute atomic E-state index is 0.154. The van der Waals surface area contributed by atoms with Crippen LogP contribution in [0.5, 0.6) is 5.75 Å². The lowest BCUT2D eigenvalue weighted by Gasteiger charge is -2.07. The highest BCUT2D eigenvalue weighted by Crippen LogP contribution is 2.17. The zero-order chi connectivity index (χ0) is 15.1. The average Bonchev–Trinajstić information content (AvgIpc) is 2.51. The summed E-state index contributed by atoms with van der Waals surface area (Å²) in [6.45, 7) is 0.426. The number of ether oxygens (including phenoxy) is 2. The predicted molar refractivity (Wildman–Crippen MR) is 81.7 cm³/mol. The summed E-state index contributed by atoms with van der Waals surface area (Å²) < 4.78 is 11.5. The molecular weight excluding hydrogens is 336 g/mol. The minimum atomic E-state index is -0.440. The van der Waals surface area contributed by atoms with Crippen LogP contribution < -0.4 is 4.74 Å². The Kier molecular flexibility index (Phi) is 5.51. The molecule has 0 radical (unpaired) electrons. The van der Waals surface area contributed by atoms with E-state index in [1.165, 1.54) is 0 Å². The molecule has 0 aliphatic heterocycles. The summed E-state index contributed by atoms with van der Waals surface area (Å²) >= 11 is 3.35. The molecule has 0 bridgehead atoms. The van der Waals surface area contributed by atoms with Crippen molar-refractivity contribution < 1.29 is 19.1 Å². The van der Waals surface area contributed by atoms with Gasteiger partial charge >= 0.3 is 5.97 Å². The van der Waals surface area contributed by atoms with Crippen molar-refractivity contribution in [1.29, 1.82) is 0 Å². The quantitative estimate of drug-likeness (QED) is 0.455. The third-order valence-electron chi connectivity index (χ3n) is 2.66. The van der Waals surface area contributed by atoms with E-state index in [0.717, 1.165) is 10.8 Å². The van der Waals surface area contributed by atoms with E-state index in [0.29, 0.717) is 16.9 Å². The van der Waals surface area contributed by atoms with Crippen LogP contribution in [0, 0.1) is 0 Å². The van der Waals surface area contributed by atoms with E-state index in [9.17, 15) is 9.59 Å². The highest BCUT2D eigenvalue weighted by atomic mass is 79.9. The molecule has 4 nitrogen and oxygen atoms in total. The molecule has 0 unspecified atom stereocenters. The number of carbonyl (C=O) groups excluding carboxylic acids is 2. The zero-order valence-corrected chi connectivity index (χ0v) is 12.7. The number of rotatable bonds is 6. The fourth-order valence-electron chi connectivity index (χ4n) is 1.63. The third-order valence-corrected chi connectivity index (χ3v) is 3.16. The van der Waals surface area contributed by atoms with Gasteiger partial charge in [-0.1, -0.05) is 34.1 Å². The summed E-state index contributed by atoms with van der Waals surface area (Å²) in [5, 5.41) is 0. The number of carbonyl (C=O) groups is 2. The fraction of sp³-hybridized carbons (Fsp3) is 0.125. The Bertz CT molecular complexity index is 622. The normalized spacial score (nSPS) is 9.95. The number of hydrogen-bond acceptors (Lipinski definition) is 4. The van der Waals surface area contributed by atoms with Crippen molar-refractivity contribution in [3.63, 3.8) is 0 Å². The van der Waals surface area contributed by atoms with Crippen LogP contribution in [0.25, 0.3) is 0 Å². The van der Waals surface area contributed by atoms with Gasteiger partial charge in [0.2, 0.25) is 0 Å². The van der Waals surface area contributed by atoms with Gasteiger partial charge in [0.1, 0.15) is 25.2 Å². The van der Waals surface area contributed by atoms with Gasteiger partial charge in [0.15, 0.2) is 0 Å². The van der Waals surface area contributed by atoms with Crippen molar-refractivity contribution in [2.75, 3.05) is 13.2 Å². The monoisotopic (exact) mass is 348 g/mol. The Hall–Kier alpha value is -2.14. The largest absolute Gasteiger partial charge is 0.490 e. The summed E-state index contributed by atoms with van der Waals surface area (Å²) in [4.78, 5) is 22.3. The maximum absolute atomic E-state index is 11.7. The molecule has 0 heterocycles. The maximum atomic E-state index is 11.7. The zero-order valence-electron chi connectivity index (χ0n) is 11.1. The van der Waals surface area contributed by atoms with Gasteiger partial charge in [0.25, 0.3) is 0 Å². The van der Waals surface area contributed by atoms with Crippen LogP contribution in [0.3, 0.4) is 0 Å². The minimum Gasteiger partial charge on any atom is -0.490 e. The molecule has 0 atom stereocenters. The van der Waals surface area contributed by atoms with Gasteiger partial charge in [-0.2, -0.15) is 0 Å². The van der Waals surface area contributed by atoms with Crippen LogP contribution in [0.1, 0.15) is 20.7 Å². The topological polar surface area (TPSA) is 52.6 Å². The van der Waals surface area contributed by atoms with Crippen molar-refractivity contribution in [3.8, 4) is 5.75 Å². The first kappa shape index (κ1) is 15.3. The van der Waals surface area contributed by atoms with Gasteiger partial charge in [-0.15, -0.1) is 0 Å².